The van der Waals surface area contributed by atoms with Crippen molar-refractivity contribution in [3.05, 3.63) is 29.5 Å². The zero-order chi connectivity index (χ0) is 21.8. The fourth-order valence-corrected chi connectivity index (χ4v) is 6.70. The number of carbonyl (C=O) groups excluding carboxylic acids is 1. The predicted octanol–water partition coefficient (Wildman–Crippen LogP) is 2.60. The van der Waals surface area contributed by atoms with E-state index in [0.29, 0.717) is 18.4 Å². The van der Waals surface area contributed by atoms with Crippen LogP contribution in [0.15, 0.2) is 18.2 Å². The summed E-state index contributed by atoms with van der Waals surface area (Å²) in [5.41, 5.74) is 2.58. The highest BCUT2D eigenvalue weighted by Gasteiger charge is 2.62. The standard InChI is InChI=1S/C24H32N2O5/c1-14(27)31-9-7-16-10-15-12-24(23(28)30-3)21-18(6-8-26(13-15)22(16)24)19-11-17(29-2)4-5-20(19)25-21/h4-5,11,14-16,22,25,27H,6-10,12-13H2,1-3H3/t14?,15-,16?,22?,24?/m0/s1. The highest BCUT2D eigenvalue weighted by atomic mass is 16.6. The van der Waals surface area contributed by atoms with Crippen LogP contribution in [0.2, 0.25) is 0 Å². The Morgan fingerprint density at radius 2 is 2.23 bits per heavy atom. The van der Waals surface area contributed by atoms with Gasteiger partial charge in [-0.3, -0.25) is 9.69 Å². The zero-order valence-corrected chi connectivity index (χ0v) is 18.5. The molecular formula is C24H32N2O5. The molecule has 3 aliphatic heterocycles. The number of H-pyrrole nitrogens is 1. The zero-order valence-electron chi connectivity index (χ0n) is 18.5. The van der Waals surface area contributed by atoms with Crippen LogP contribution in [0.1, 0.15) is 37.4 Å². The highest BCUT2D eigenvalue weighted by Crippen LogP contribution is 2.55. The molecule has 1 aromatic carbocycles. The normalized spacial score (nSPS) is 32.4. The first-order valence-electron chi connectivity index (χ1n) is 11.3. The summed E-state index contributed by atoms with van der Waals surface area (Å²) in [6.07, 6.45) is 2.84. The van der Waals surface area contributed by atoms with Crippen LogP contribution in [-0.4, -0.2) is 67.2 Å². The first kappa shape index (κ1) is 20.8. The van der Waals surface area contributed by atoms with E-state index in [2.05, 4.69) is 16.0 Å². The quantitative estimate of drug-likeness (QED) is 0.544. The van der Waals surface area contributed by atoms with E-state index in [4.69, 9.17) is 14.2 Å². The molecule has 2 saturated heterocycles. The van der Waals surface area contributed by atoms with Gasteiger partial charge in [0, 0.05) is 35.7 Å². The molecule has 4 aliphatic rings. The van der Waals surface area contributed by atoms with Gasteiger partial charge in [-0.1, -0.05) is 0 Å². The lowest BCUT2D eigenvalue weighted by Gasteiger charge is -2.58. The molecular weight excluding hydrogens is 396 g/mol. The number of methoxy groups -OCH3 is 2. The van der Waals surface area contributed by atoms with Gasteiger partial charge in [0.25, 0.3) is 0 Å². The van der Waals surface area contributed by atoms with Crippen LogP contribution >= 0.6 is 0 Å². The van der Waals surface area contributed by atoms with Crippen molar-refractivity contribution in [2.75, 3.05) is 33.9 Å². The minimum Gasteiger partial charge on any atom is -0.497 e. The Hall–Kier alpha value is -2.09. The van der Waals surface area contributed by atoms with Gasteiger partial charge in [-0.15, -0.1) is 0 Å². The average molecular weight is 429 g/mol. The molecule has 2 aromatic rings. The highest BCUT2D eigenvalue weighted by molar-refractivity contribution is 5.92. The Morgan fingerprint density at radius 3 is 2.97 bits per heavy atom. The molecule has 7 nitrogen and oxygen atoms in total. The second kappa shape index (κ2) is 7.80. The molecule has 1 aliphatic carbocycles. The Bertz CT molecular complexity index is 986. The fourth-order valence-electron chi connectivity index (χ4n) is 6.70. The summed E-state index contributed by atoms with van der Waals surface area (Å²) < 4.78 is 16.4. The van der Waals surface area contributed by atoms with Crippen LogP contribution in [0.5, 0.6) is 5.75 Å². The Labute approximate surface area is 182 Å². The lowest BCUT2D eigenvalue weighted by atomic mass is 9.56. The molecule has 3 fully saturated rings. The summed E-state index contributed by atoms with van der Waals surface area (Å²) in [6, 6.07) is 6.14. The number of ether oxygens (including phenoxy) is 3. The molecule has 7 heteroatoms. The number of rotatable bonds is 6. The number of aliphatic hydroxyl groups is 1. The molecule has 6 rings (SSSR count). The molecule has 6 atom stereocenters. The number of nitrogens with zero attached hydrogens (tertiary/aromatic N) is 1. The summed E-state index contributed by atoms with van der Waals surface area (Å²) >= 11 is 0. The molecule has 5 unspecified atom stereocenters. The van der Waals surface area contributed by atoms with Crippen LogP contribution in [-0.2, 0) is 26.1 Å². The van der Waals surface area contributed by atoms with Crippen molar-refractivity contribution in [1.82, 2.24) is 9.88 Å². The van der Waals surface area contributed by atoms with Crippen molar-refractivity contribution in [2.24, 2.45) is 11.8 Å². The number of esters is 1. The van der Waals surface area contributed by atoms with E-state index in [9.17, 15) is 9.90 Å². The number of aliphatic hydroxyl groups excluding tert-OH is 1. The summed E-state index contributed by atoms with van der Waals surface area (Å²) in [6.45, 7) is 4.08. The van der Waals surface area contributed by atoms with Crippen LogP contribution in [0.3, 0.4) is 0 Å². The Balaban J connectivity index is 1.64. The maximum Gasteiger partial charge on any atom is 0.319 e. The van der Waals surface area contributed by atoms with Crippen molar-refractivity contribution in [3.8, 4) is 5.75 Å². The van der Waals surface area contributed by atoms with Gasteiger partial charge in [0.1, 0.15) is 11.2 Å². The Kier molecular flexibility index (Phi) is 5.23. The first-order chi connectivity index (χ1) is 15.0. The lowest BCUT2D eigenvalue weighted by molar-refractivity contribution is -0.164. The summed E-state index contributed by atoms with van der Waals surface area (Å²) in [5.74, 6) is 1.43. The van der Waals surface area contributed by atoms with Gasteiger partial charge in [0.05, 0.1) is 20.8 Å². The van der Waals surface area contributed by atoms with Gasteiger partial charge in [-0.2, -0.15) is 0 Å². The fraction of sp³-hybridized carbons (Fsp3) is 0.625. The predicted molar refractivity (Wildman–Crippen MR) is 116 cm³/mol. The van der Waals surface area contributed by atoms with Gasteiger partial charge < -0.3 is 24.3 Å². The molecule has 1 saturated carbocycles. The number of aromatic nitrogens is 1. The Morgan fingerprint density at radius 1 is 1.39 bits per heavy atom. The molecule has 31 heavy (non-hydrogen) atoms. The van der Waals surface area contributed by atoms with Crippen LogP contribution in [0, 0.1) is 11.8 Å². The van der Waals surface area contributed by atoms with Crippen molar-refractivity contribution in [2.45, 2.75) is 50.4 Å². The maximum absolute atomic E-state index is 13.6. The van der Waals surface area contributed by atoms with Crippen LogP contribution in [0.25, 0.3) is 10.9 Å². The summed E-state index contributed by atoms with van der Waals surface area (Å²) in [7, 11) is 3.19. The number of hydrogen-bond acceptors (Lipinski definition) is 6. The third kappa shape index (κ3) is 3.17. The molecule has 4 heterocycles. The number of hydrogen-bond donors (Lipinski definition) is 2. The smallest absolute Gasteiger partial charge is 0.319 e. The number of piperidine rings is 2. The van der Waals surface area contributed by atoms with E-state index in [0.717, 1.165) is 61.1 Å². The second-order valence-corrected chi connectivity index (χ2v) is 9.37. The average Bonchev–Trinajstić information content (AvgIpc) is 3.10. The number of carbonyl (C=O) groups is 1. The maximum atomic E-state index is 13.6. The van der Waals surface area contributed by atoms with Crippen molar-refractivity contribution in [1.29, 1.82) is 0 Å². The van der Waals surface area contributed by atoms with Crippen molar-refractivity contribution in [3.63, 3.8) is 0 Å². The van der Waals surface area contributed by atoms with E-state index in [1.165, 1.54) is 12.7 Å². The number of nitrogens with one attached hydrogen (secondary N) is 1. The van der Waals surface area contributed by atoms with Crippen molar-refractivity contribution >= 4 is 16.9 Å². The summed E-state index contributed by atoms with van der Waals surface area (Å²) in [5, 5.41) is 10.7. The molecule has 2 N–H and O–H groups in total. The van der Waals surface area contributed by atoms with E-state index in [1.807, 2.05) is 12.1 Å². The van der Waals surface area contributed by atoms with Crippen LogP contribution < -0.4 is 4.74 Å². The first-order valence-corrected chi connectivity index (χ1v) is 11.3. The van der Waals surface area contributed by atoms with E-state index in [1.54, 1.807) is 14.0 Å². The molecule has 4 bridgehead atoms. The molecule has 0 amide bonds. The third-order valence-electron chi connectivity index (χ3n) is 7.69. The molecule has 0 spiro atoms. The second-order valence-electron chi connectivity index (χ2n) is 9.37. The van der Waals surface area contributed by atoms with E-state index in [-0.39, 0.29) is 12.0 Å². The molecule has 0 radical (unpaired) electrons. The number of benzene rings is 1. The van der Waals surface area contributed by atoms with Crippen molar-refractivity contribution < 1.29 is 24.1 Å². The van der Waals surface area contributed by atoms with Gasteiger partial charge in [-0.25, -0.2) is 0 Å². The van der Waals surface area contributed by atoms with Gasteiger partial charge in [0.15, 0.2) is 6.29 Å². The minimum atomic E-state index is -0.770. The largest absolute Gasteiger partial charge is 0.497 e. The molecule has 168 valence electrons. The third-order valence-corrected chi connectivity index (χ3v) is 7.69. The van der Waals surface area contributed by atoms with E-state index >= 15 is 0 Å². The SMILES string of the molecule is COC(=O)C12C[C@@H]3CC(CCOC(C)O)C1N(CCc1c2[nH]c2ccc(OC)cc12)C3. The topological polar surface area (TPSA) is 84.0 Å². The minimum absolute atomic E-state index is 0.0683. The van der Waals surface area contributed by atoms with Gasteiger partial charge in [-0.05, 0) is 68.2 Å². The molecule has 1 aromatic heterocycles. The number of aromatic amines is 1. The summed E-state index contributed by atoms with van der Waals surface area (Å²) in [4.78, 5) is 19.7. The lowest BCUT2D eigenvalue weighted by Crippen LogP contribution is -2.67. The van der Waals surface area contributed by atoms with Gasteiger partial charge in [0.2, 0.25) is 0 Å². The van der Waals surface area contributed by atoms with Gasteiger partial charge >= 0.3 is 5.97 Å². The van der Waals surface area contributed by atoms with Crippen LogP contribution in [0.4, 0.5) is 0 Å². The number of fused-ring (bicyclic) bond motifs is 4. The monoisotopic (exact) mass is 428 g/mol. The van der Waals surface area contributed by atoms with E-state index < -0.39 is 11.7 Å².